The van der Waals surface area contributed by atoms with Crippen molar-refractivity contribution in [1.82, 2.24) is 0 Å². The Morgan fingerprint density at radius 1 is 1.15 bits per heavy atom. The number of halogens is 1. The molecule has 0 spiro atoms. The maximum Gasteiger partial charge on any atom is 0.307 e. The molecular formula is C27H25FN2O4. The average molecular weight is 461 g/mol. The van der Waals surface area contributed by atoms with Crippen LogP contribution in [0.25, 0.3) is 22.1 Å². The molecule has 4 aromatic rings. The van der Waals surface area contributed by atoms with E-state index in [0.717, 1.165) is 23.2 Å². The lowest BCUT2D eigenvalue weighted by Gasteiger charge is -2.37. The number of nitrogens with two attached hydrogens (primary N) is 1. The van der Waals surface area contributed by atoms with Crippen molar-refractivity contribution < 1.29 is 23.4 Å². The molecule has 3 N–H and O–H groups in total. The Morgan fingerprint density at radius 2 is 1.94 bits per heavy atom. The molecule has 0 aliphatic carbocycles. The summed E-state index contributed by atoms with van der Waals surface area (Å²) in [5.41, 5.74) is 10.2. The van der Waals surface area contributed by atoms with E-state index in [2.05, 4.69) is 11.8 Å². The van der Waals surface area contributed by atoms with E-state index in [1.165, 1.54) is 0 Å². The number of furan rings is 1. The third-order valence-corrected chi connectivity index (χ3v) is 6.32. The summed E-state index contributed by atoms with van der Waals surface area (Å²) in [7, 11) is 0. The molecule has 1 aliphatic heterocycles. The lowest BCUT2D eigenvalue weighted by Crippen LogP contribution is -2.35. The number of carboxylic acid groups (broad SMARTS) is 1. The summed E-state index contributed by atoms with van der Waals surface area (Å²) in [6.07, 6.45) is 1.08. The molecular weight excluding hydrogens is 435 g/mol. The van der Waals surface area contributed by atoms with Crippen molar-refractivity contribution in [1.29, 1.82) is 0 Å². The Kier molecular flexibility index (Phi) is 5.71. The maximum absolute atomic E-state index is 15.2. The zero-order chi connectivity index (χ0) is 23.8. The quantitative estimate of drug-likeness (QED) is 0.407. The molecule has 1 aromatic heterocycles. The minimum absolute atomic E-state index is 0.0982. The van der Waals surface area contributed by atoms with Crippen molar-refractivity contribution >= 4 is 22.6 Å². The minimum Gasteiger partial charge on any atom is -0.481 e. The molecule has 0 unspecified atom stereocenters. The van der Waals surface area contributed by atoms with Gasteiger partial charge in [-0.05, 0) is 36.8 Å². The maximum atomic E-state index is 15.2. The SMILES string of the molecule is CCN1C[C@@H](c2cc(-c3cccc(CN)c3F)c3occc3c2)Oc2c(CC(=O)O)cccc21. The molecule has 7 heteroatoms. The van der Waals surface area contributed by atoms with E-state index in [9.17, 15) is 9.90 Å². The fraction of sp³-hybridized carbons (Fsp3) is 0.222. The third kappa shape index (κ3) is 3.78. The molecule has 0 saturated carbocycles. The van der Waals surface area contributed by atoms with Crippen LogP contribution in [0.15, 0.2) is 65.3 Å². The number of likely N-dealkylation sites (N-methyl/N-ethyl adjacent to an activating group) is 1. The summed E-state index contributed by atoms with van der Waals surface area (Å²) in [4.78, 5) is 13.6. The molecule has 3 aromatic carbocycles. The largest absolute Gasteiger partial charge is 0.481 e. The molecule has 0 radical (unpaired) electrons. The van der Waals surface area contributed by atoms with Crippen LogP contribution in [0.5, 0.6) is 5.75 Å². The molecule has 1 atom stereocenters. The molecule has 0 amide bonds. The number of rotatable bonds is 6. The van der Waals surface area contributed by atoms with Crippen molar-refractivity contribution in [2.24, 2.45) is 5.73 Å². The summed E-state index contributed by atoms with van der Waals surface area (Å²) >= 11 is 0. The van der Waals surface area contributed by atoms with E-state index in [0.29, 0.717) is 40.1 Å². The van der Waals surface area contributed by atoms with Gasteiger partial charge in [-0.3, -0.25) is 4.79 Å². The van der Waals surface area contributed by atoms with Crippen molar-refractivity contribution in [2.75, 3.05) is 18.0 Å². The van der Waals surface area contributed by atoms with Gasteiger partial charge in [0.1, 0.15) is 23.3 Å². The zero-order valence-corrected chi connectivity index (χ0v) is 18.8. The van der Waals surface area contributed by atoms with Gasteiger partial charge < -0.3 is 24.9 Å². The number of para-hydroxylation sites is 1. The van der Waals surface area contributed by atoms with Crippen LogP contribution in [0, 0.1) is 5.82 Å². The van der Waals surface area contributed by atoms with Gasteiger partial charge in [0, 0.05) is 40.7 Å². The molecule has 34 heavy (non-hydrogen) atoms. The van der Waals surface area contributed by atoms with Crippen LogP contribution >= 0.6 is 0 Å². The van der Waals surface area contributed by atoms with Gasteiger partial charge in [0.15, 0.2) is 0 Å². The van der Waals surface area contributed by atoms with Gasteiger partial charge in [-0.2, -0.15) is 0 Å². The van der Waals surface area contributed by atoms with E-state index in [4.69, 9.17) is 14.9 Å². The lowest BCUT2D eigenvalue weighted by molar-refractivity contribution is -0.136. The lowest BCUT2D eigenvalue weighted by atomic mass is 9.95. The van der Waals surface area contributed by atoms with Crippen LogP contribution < -0.4 is 15.4 Å². The molecule has 1 aliphatic rings. The summed E-state index contributed by atoms with van der Waals surface area (Å²) < 4.78 is 27.4. The zero-order valence-electron chi connectivity index (χ0n) is 18.8. The number of fused-ring (bicyclic) bond motifs is 2. The second kappa shape index (κ2) is 8.83. The Labute approximate surface area is 196 Å². The van der Waals surface area contributed by atoms with E-state index >= 15 is 4.39 Å². The van der Waals surface area contributed by atoms with Crippen molar-refractivity contribution in [2.45, 2.75) is 26.0 Å². The van der Waals surface area contributed by atoms with Crippen molar-refractivity contribution in [3.8, 4) is 16.9 Å². The van der Waals surface area contributed by atoms with Gasteiger partial charge in [0.05, 0.1) is 24.9 Å². The molecule has 2 heterocycles. The Bertz CT molecular complexity index is 1380. The summed E-state index contributed by atoms with van der Waals surface area (Å²) in [5.74, 6) is -0.707. The number of ether oxygens (including phenoxy) is 1. The van der Waals surface area contributed by atoms with Gasteiger partial charge >= 0.3 is 5.97 Å². The molecule has 0 bridgehead atoms. The summed E-state index contributed by atoms with van der Waals surface area (Å²) in [6.45, 7) is 3.46. The van der Waals surface area contributed by atoms with Crippen LogP contribution in [0.2, 0.25) is 0 Å². The van der Waals surface area contributed by atoms with Crippen LogP contribution in [-0.2, 0) is 17.8 Å². The number of nitrogens with zero attached hydrogens (tertiary/aromatic N) is 1. The van der Waals surface area contributed by atoms with E-state index in [1.54, 1.807) is 30.5 Å². The Hall–Kier alpha value is -3.84. The first-order valence-electron chi connectivity index (χ1n) is 11.2. The monoisotopic (exact) mass is 460 g/mol. The highest BCUT2D eigenvalue weighted by atomic mass is 19.1. The molecule has 0 saturated heterocycles. The highest BCUT2D eigenvalue weighted by molar-refractivity contribution is 5.93. The van der Waals surface area contributed by atoms with Crippen LogP contribution in [0.1, 0.15) is 29.7 Å². The first-order chi connectivity index (χ1) is 16.5. The van der Waals surface area contributed by atoms with E-state index in [-0.39, 0.29) is 24.9 Å². The predicted molar refractivity (Wildman–Crippen MR) is 129 cm³/mol. The number of hydrogen-bond donors (Lipinski definition) is 2. The first-order valence-corrected chi connectivity index (χ1v) is 11.2. The number of benzene rings is 3. The fourth-order valence-corrected chi connectivity index (χ4v) is 4.65. The topological polar surface area (TPSA) is 88.9 Å². The van der Waals surface area contributed by atoms with Crippen LogP contribution in [0.3, 0.4) is 0 Å². The average Bonchev–Trinajstić information content (AvgIpc) is 3.32. The van der Waals surface area contributed by atoms with Crippen LogP contribution in [-0.4, -0.2) is 24.2 Å². The number of anilines is 1. The van der Waals surface area contributed by atoms with E-state index < -0.39 is 5.97 Å². The normalized spacial score (nSPS) is 15.3. The Morgan fingerprint density at radius 3 is 2.71 bits per heavy atom. The minimum atomic E-state index is -0.917. The third-order valence-electron chi connectivity index (χ3n) is 6.32. The molecule has 5 rings (SSSR count). The van der Waals surface area contributed by atoms with Crippen LogP contribution in [0.4, 0.5) is 10.1 Å². The highest BCUT2D eigenvalue weighted by Crippen LogP contribution is 2.43. The fourth-order valence-electron chi connectivity index (χ4n) is 4.65. The standard InChI is InChI=1S/C27H25FN2O4/c1-2-30-15-23(34-27-16(13-24(31)32)5-4-8-22(27)30)19-11-17-9-10-33-26(17)21(12-19)20-7-3-6-18(14-29)25(20)28/h3-12,23H,2,13-15,29H2,1H3,(H,31,32)/t23-/m0/s1. The molecule has 0 fully saturated rings. The second-order valence-electron chi connectivity index (χ2n) is 8.37. The summed E-state index contributed by atoms with van der Waals surface area (Å²) in [6, 6.07) is 16.5. The van der Waals surface area contributed by atoms with E-state index in [1.807, 2.05) is 30.3 Å². The number of carboxylic acids is 1. The molecule has 6 nitrogen and oxygen atoms in total. The molecule has 174 valence electrons. The number of aliphatic carboxylic acids is 1. The number of carbonyl (C=O) groups is 1. The van der Waals surface area contributed by atoms with Gasteiger partial charge in [-0.25, -0.2) is 4.39 Å². The van der Waals surface area contributed by atoms with Gasteiger partial charge in [-0.1, -0.05) is 30.3 Å². The number of hydrogen-bond acceptors (Lipinski definition) is 5. The Balaban J connectivity index is 1.63. The predicted octanol–water partition coefficient (Wildman–Crippen LogP) is 5.28. The van der Waals surface area contributed by atoms with Gasteiger partial charge in [0.25, 0.3) is 0 Å². The summed E-state index contributed by atoms with van der Waals surface area (Å²) in [5, 5.41) is 10.2. The van der Waals surface area contributed by atoms with Crippen molar-refractivity contribution in [3.63, 3.8) is 0 Å². The van der Waals surface area contributed by atoms with Gasteiger partial charge in [-0.15, -0.1) is 0 Å². The highest BCUT2D eigenvalue weighted by Gasteiger charge is 2.29. The first kappa shape index (κ1) is 22.0. The van der Waals surface area contributed by atoms with Crippen molar-refractivity contribution in [3.05, 3.63) is 83.4 Å². The smallest absolute Gasteiger partial charge is 0.307 e. The van der Waals surface area contributed by atoms with Gasteiger partial charge in [0.2, 0.25) is 0 Å². The second-order valence-corrected chi connectivity index (χ2v) is 8.37.